The summed E-state index contributed by atoms with van der Waals surface area (Å²) in [5.41, 5.74) is 3.23. The fraction of sp³-hybridized carbons (Fsp3) is 0.0667. The standard InChI is InChI=1S/C15H13N3O4/c1-22-14-7-3-5-12(9-14)15(19)17-16-10-11-4-2-6-13(8-11)18(20)21/h2-10H,1H3,(H,17,19)/b16-10+. The number of carbonyl (C=O) groups excluding carboxylic acids is 1. The molecule has 0 spiro atoms. The Labute approximate surface area is 126 Å². The number of nitrogens with one attached hydrogen (secondary N) is 1. The van der Waals surface area contributed by atoms with Crippen LogP contribution >= 0.6 is 0 Å². The molecular formula is C15H13N3O4. The number of non-ortho nitro benzene ring substituents is 1. The van der Waals surface area contributed by atoms with Gasteiger partial charge in [0.15, 0.2) is 0 Å². The number of methoxy groups -OCH3 is 1. The van der Waals surface area contributed by atoms with Gasteiger partial charge >= 0.3 is 0 Å². The van der Waals surface area contributed by atoms with E-state index < -0.39 is 10.8 Å². The predicted molar refractivity (Wildman–Crippen MR) is 81.2 cm³/mol. The largest absolute Gasteiger partial charge is 0.497 e. The number of nitro benzene ring substituents is 1. The minimum atomic E-state index is -0.494. The van der Waals surface area contributed by atoms with Gasteiger partial charge in [-0.1, -0.05) is 18.2 Å². The number of benzene rings is 2. The maximum Gasteiger partial charge on any atom is 0.271 e. The average Bonchev–Trinajstić information content (AvgIpc) is 2.55. The van der Waals surface area contributed by atoms with Crippen molar-refractivity contribution in [3.05, 3.63) is 69.8 Å². The maximum absolute atomic E-state index is 11.9. The van der Waals surface area contributed by atoms with Gasteiger partial charge in [0.1, 0.15) is 5.75 Å². The highest BCUT2D eigenvalue weighted by atomic mass is 16.6. The molecule has 0 saturated carbocycles. The minimum Gasteiger partial charge on any atom is -0.497 e. The number of nitrogens with zero attached hydrogens (tertiary/aromatic N) is 2. The Bertz CT molecular complexity index is 728. The normalized spacial score (nSPS) is 10.4. The number of amides is 1. The van der Waals surface area contributed by atoms with Crippen molar-refractivity contribution in [2.45, 2.75) is 0 Å². The topological polar surface area (TPSA) is 93.8 Å². The molecule has 0 saturated heterocycles. The molecule has 7 heteroatoms. The second kappa shape index (κ2) is 6.98. The van der Waals surface area contributed by atoms with Crippen LogP contribution in [0.4, 0.5) is 5.69 Å². The molecule has 1 N–H and O–H groups in total. The molecule has 7 nitrogen and oxygen atoms in total. The molecule has 0 heterocycles. The lowest BCUT2D eigenvalue weighted by Gasteiger charge is -2.02. The van der Waals surface area contributed by atoms with Crippen LogP contribution in [-0.4, -0.2) is 24.2 Å². The molecule has 0 aliphatic carbocycles. The van der Waals surface area contributed by atoms with Crippen molar-refractivity contribution in [2.24, 2.45) is 5.10 Å². The van der Waals surface area contributed by atoms with Crippen LogP contribution in [0.5, 0.6) is 5.75 Å². The number of carbonyl (C=O) groups is 1. The van der Waals surface area contributed by atoms with Gasteiger partial charge in [-0.25, -0.2) is 5.43 Å². The van der Waals surface area contributed by atoms with E-state index in [9.17, 15) is 14.9 Å². The molecule has 0 aromatic heterocycles. The van der Waals surface area contributed by atoms with E-state index in [1.54, 1.807) is 36.4 Å². The second-order valence-electron chi connectivity index (χ2n) is 4.28. The molecule has 0 radical (unpaired) electrons. The Morgan fingerprint density at radius 1 is 1.27 bits per heavy atom. The highest BCUT2D eigenvalue weighted by molar-refractivity contribution is 5.95. The number of hydrogen-bond donors (Lipinski definition) is 1. The predicted octanol–water partition coefficient (Wildman–Crippen LogP) is 2.37. The first-order valence-corrected chi connectivity index (χ1v) is 6.32. The molecule has 0 unspecified atom stereocenters. The minimum absolute atomic E-state index is 0.0388. The summed E-state index contributed by atoms with van der Waals surface area (Å²) >= 11 is 0. The average molecular weight is 299 g/mol. The molecule has 2 rings (SSSR count). The van der Waals surface area contributed by atoms with E-state index in [1.807, 2.05) is 0 Å². The Morgan fingerprint density at radius 2 is 2.05 bits per heavy atom. The van der Waals surface area contributed by atoms with Crippen molar-refractivity contribution in [2.75, 3.05) is 7.11 Å². The maximum atomic E-state index is 11.9. The van der Waals surface area contributed by atoms with Gasteiger partial charge in [0.05, 0.1) is 18.2 Å². The highest BCUT2D eigenvalue weighted by Crippen LogP contribution is 2.13. The summed E-state index contributed by atoms with van der Waals surface area (Å²) in [6.07, 6.45) is 1.34. The van der Waals surface area contributed by atoms with Gasteiger partial charge in [0.2, 0.25) is 0 Å². The van der Waals surface area contributed by atoms with Crippen molar-refractivity contribution in [3.63, 3.8) is 0 Å². The van der Waals surface area contributed by atoms with Crippen molar-refractivity contribution >= 4 is 17.8 Å². The molecule has 22 heavy (non-hydrogen) atoms. The molecular weight excluding hydrogens is 286 g/mol. The molecule has 0 bridgehead atoms. The Kier molecular flexibility index (Phi) is 4.81. The summed E-state index contributed by atoms with van der Waals surface area (Å²) in [5.74, 6) is 0.163. The van der Waals surface area contributed by atoms with Gasteiger partial charge in [-0.05, 0) is 18.2 Å². The third kappa shape index (κ3) is 3.89. The van der Waals surface area contributed by atoms with E-state index >= 15 is 0 Å². The fourth-order valence-electron chi connectivity index (χ4n) is 1.71. The first-order chi connectivity index (χ1) is 10.6. The zero-order valence-corrected chi connectivity index (χ0v) is 11.7. The highest BCUT2D eigenvalue weighted by Gasteiger charge is 2.06. The summed E-state index contributed by atoms with van der Waals surface area (Å²) in [4.78, 5) is 22.1. The van der Waals surface area contributed by atoms with Crippen molar-refractivity contribution in [1.82, 2.24) is 5.43 Å². The lowest BCUT2D eigenvalue weighted by molar-refractivity contribution is -0.384. The summed E-state index contributed by atoms with van der Waals surface area (Å²) in [5, 5.41) is 14.4. The molecule has 0 aliphatic rings. The number of hydrogen-bond acceptors (Lipinski definition) is 5. The van der Waals surface area contributed by atoms with Gasteiger partial charge in [0, 0.05) is 23.3 Å². The van der Waals surface area contributed by atoms with E-state index in [0.717, 1.165) is 0 Å². The van der Waals surface area contributed by atoms with E-state index in [1.165, 1.54) is 25.5 Å². The molecule has 0 atom stereocenters. The smallest absolute Gasteiger partial charge is 0.271 e. The van der Waals surface area contributed by atoms with E-state index in [-0.39, 0.29) is 5.69 Å². The second-order valence-corrected chi connectivity index (χ2v) is 4.28. The lowest BCUT2D eigenvalue weighted by Crippen LogP contribution is -2.17. The third-order valence-electron chi connectivity index (χ3n) is 2.79. The molecule has 1 amide bonds. The van der Waals surface area contributed by atoms with E-state index in [2.05, 4.69) is 10.5 Å². The van der Waals surface area contributed by atoms with Crippen molar-refractivity contribution in [1.29, 1.82) is 0 Å². The van der Waals surface area contributed by atoms with Crippen molar-refractivity contribution < 1.29 is 14.5 Å². The zero-order chi connectivity index (χ0) is 15.9. The number of rotatable bonds is 5. The molecule has 2 aromatic carbocycles. The molecule has 0 fully saturated rings. The number of hydrazone groups is 1. The van der Waals surface area contributed by atoms with Gasteiger partial charge in [-0.2, -0.15) is 5.10 Å². The first-order valence-electron chi connectivity index (χ1n) is 6.32. The van der Waals surface area contributed by atoms with E-state index in [4.69, 9.17) is 4.74 Å². The van der Waals surface area contributed by atoms with Crippen LogP contribution in [-0.2, 0) is 0 Å². The lowest BCUT2D eigenvalue weighted by atomic mass is 10.2. The molecule has 112 valence electrons. The van der Waals surface area contributed by atoms with E-state index in [0.29, 0.717) is 16.9 Å². The SMILES string of the molecule is COc1cccc(C(=O)N/N=C/c2cccc([N+](=O)[O-])c2)c1. The van der Waals surface area contributed by atoms with Crippen molar-refractivity contribution in [3.8, 4) is 5.75 Å². The van der Waals surface area contributed by atoms with Crippen LogP contribution in [0.2, 0.25) is 0 Å². The van der Waals surface area contributed by atoms with Crippen LogP contribution < -0.4 is 10.2 Å². The Morgan fingerprint density at radius 3 is 2.77 bits per heavy atom. The Balaban J connectivity index is 2.04. The fourth-order valence-corrected chi connectivity index (χ4v) is 1.71. The summed E-state index contributed by atoms with van der Waals surface area (Å²) in [6.45, 7) is 0. The van der Waals surface area contributed by atoms with Crippen LogP contribution in [0.3, 0.4) is 0 Å². The summed E-state index contributed by atoms with van der Waals surface area (Å²) < 4.78 is 5.03. The quantitative estimate of drug-likeness (QED) is 0.521. The Hall–Kier alpha value is -3.22. The summed E-state index contributed by atoms with van der Waals surface area (Å²) in [7, 11) is 1.51. The summed E-state index contributed by atoms with van der Waals surface area (Å²) in [6, 6.07) is 12.6. The van der Waals surface area contributed by atoms with Gasteiger partial charge in [-0.3, -0.25) is 14.9 Å². The molecule has 0 aliphatic heterocycles. The van der Waals surface area contributed by atoms with Gasteiger partial charge in [0.25, 0.3) is 11.6 Å². The van der Waals surface area contributed by atoms with Gasteiger partial charge < -0.3 is 4.74 Å². The number of nitro groups is 1. The van der Waals surface area contributed by atoms with Crippen LogP contribution in [0.15, 0.2) is 53.6 Å². The zero-order valence-electron chi connectivity index (χ0n) is 11.7. The third-order valence-corrected chi connectivity index (χ3v) is 2.79. The molecule has 2 aromatic rings. The van der Waals surface area contributed by atoms with Crippen LogP contribution in [0, 0.1) is 10.1 Å². The number of ether oxygens (including phenoxy) is 1. The monoisotopic (exact) mass is 299 g/mol. The van der Waals surface area contributed by atoms with Crippen LogP contribution in [0.1, 0.15) is 15.9 Å². The van der Waals surface area contributed by atoms with Crippen LogP contribution in [0.25, 0.3) is 0 Å². The van der Waals surface area contributed by atoms with Gasteiger partial charge in [-0.15, -0.1) is 0 Å². The first kappa shape index (κ1) is 15.2.